The summed E-state index contributed by atoms with van der Waals surface area (Å²) in [4.78, 5) is 20.8. The molecule has 6 heteroatoms. The molecule has 0 radical (unpaired) electrons. The molecule has 6 nitrogen and oxygen atoms in total. The van der Waals surface area contributed by atoms with Gasteiger partial charge in [-0.3, -0.25) is 9.36 Å². The molecule has 2 aromatic heterocycles. The Morgan fingerprint density at radius 3 is 2.75 bits per heavy atom. The Labute approximate surface area is 115 Å². The van der Waals surface area contributed by atoms with Gasteiger partial charge in [-0.1, -0.05) is 11.6 Å². The molecule has 0 unspecified atom stereocenters. The van der Waals surface area contributed by atoms with Gasteiger partial charge in [-0.25, -0.2) is 4.98 Å². The zero-order chi connectivity index (χ0) is 13.5. The molecule has 0 aliphatic heterocycles. The summed E-state index contributed by atoms with van der Waals surface area (Å²) >= 11 is 0. The van der Waals surface area contributed by atoms with Crippen molar-refractivity contribution in [2.75, 3.05) is 0 Å². The maximum atomic E-state index is 12.1. The van der Waals surface area contributed by atoms with Crippen LogP contribution in [-0.4, -0.2) is 19.7 Å². The molecule has 2 aliphatic rings. The third-order valence-electron chi connectivity index (χ3n) is 4.16. The quantitative estimate of drug-likeness (QED) is 0.848. The molecule has 2 saturated carbocycles. The summed E-state index contributed by atoms with van der Waals surface area (Å²) in [5.74, 6) is 2.19. The lowest BCUT2D eigenvalue weighted by Gasteiger charge is -2.24. The molecule has 4 rings (SSSR count). The molecule has 20 heavy (non-hydrogen) atoms. The molecule has 0 N–H and O–H groups in total. The van der Waals surface area contributed by atoms with Crippen LogP contribution >= 0.6 is 0 Å². The molecule has 2 aliphatic carbocycles. The van der Waals surface area contributed by atoms with Crippen molar-refractivity contribution in [1.82, 2.24) is 19.7 Å². The van der Waals surface area contributed by atoms with Gasteiger partial charge in [0.2, 0.25) is 5.89 Å². The first-order valence-corrected chi connectivity index (χ1v) is 7.18. The molecule has 2 aromatic rings. The SMILES string of the molecule is O=c1cc(C2CCC2)ncn1Cc1nc(C2CC2)no1. The van der Waals surface area contributed by atoms with Gasteiger partial charge in [-0.2, -0.15) is 4.98 Å². The molecule has 0 saturated heterocycles. The number of aromatic nitrogens is 4. The molecule has 104 valence electrons. The molecule has 2 fully saturated rings. The van der Waals surface area contributed by atoms with Gasteiger partial charge in [0.05, 0.1) is 12.0 Å². The molecular weight excluding hydrogens is 256 g/mol. The summed E-state index contributed by atoms with van der Waals surface area (Å²) < 4.78 is 6.71. The van der Waals surface area contributed by atoms with Gasteiger partial charge >= 0.3 is 0 Å². The van der Waals surface area contributed by atoms with Crippen molar-refractivity contribution in [3.8, 4) is 0 Å². The lowest BCUT2D eigenvalue weighted by Crippen LogP contribution is -2.23. The van der Waals surface area contributed by atoms with Crippen LogP contribution < -0.4 is 5.56 Å². The van der Waals surface area contributed by atoms with Crippen LogP contribution in [0.2, 0.25) is 0 Å². The molecule has 2 heterocycles. The third kappa shape index (κ3) is 2.15. The van der Waals surface area contributed by atoms with Gasteiger partial charge in [-0.15, -0.1) is 0 Å². The predicted octanol–water partition coefficient (Wildman–Crippen LogP) is 1.82. The molecule has 0 amide bonds. The second-order valence-electron chi connectivity index (χ2n) is 5.73. The summed E-state index contributed by atoms with van der Waals surface area (Å²) in [6.45, 7) is 0.302. The van der Waals surface area contributed by atoms with Gasteiger partial charge < -0.3 is 4.52 Å². The van der Waals surface area contributed by atoms with E-state index >= 15 is 0 Å². The molecule has 0 aromatic carbocycles. The number of rotatable bonds is 4. The molecule has 0 spiro atoms. The first kappa shape index (κ1) is 11.8. The van der Waals surface area contributed by atoms with Crippen LogP contribution in [0.4, 0.5) is 0 Å². The van der Waals surface area contributed by atoms with Crippen LogP contribution in [0.1, 0.15) is 61.3 Å². The summed E-state index contributed by atoms with van der Waals surface area (Å²) in [6, 6.07) is 1.64. The van der Waals surface area contributed by atoms with E-state index in [1.807, 2.05) is 0 Å². The van der Waals surface area contributed by atoms with Crippen molar-refractivity contribution in [2.24, 2.45) is 0 Å². The Balaban J connectivity index is 1.53. The summed E-state index contributed by atoms with van der Waals surface area (Å²) in [5, 5.41) is 3.95. The van der Waals surface area contributed by atoms with Crippen molar-refractivity contribution in [1.29, 1.82) is 0 Å². The molecule has 0 atom stereocenters. The average molecular weight is 272 g/mol. The van der Waals surface area contributed by atoms with Crippen LogP contribution in [0.5, 0.6) is 0 Å². The highest BCUT2D eigenvalue weighted by atomic mass is 16.5. The van der Waals surface area contributed by atoms with Crippen LogP contribution in [0.25, 0.3) is 0 Å². The van der Waals surface area contributed by atoms with E-state index in [9.17, 15) is 4.79 Å². The average Bonchev–Trinajstić information content (AvgIpc) is 3.12. The van der Waals surface area contributed by atoms with Crippen molar-refractivity contribution in [3.05, 3.63) is 40.2 Å². The van der Waals surface area contributed by atoms with E-state index in [-0.39, 0.29) is 5.56 Å². The zero-order valence-electron chi connectivity index (χ0n) is 11.2. The minimum atomic E-state index is -0.0481. The lowest BCUT2D eigenvalue weighted by atomic mass is 9.83. The summed E-state index contributed by atoms with van der Waals surface area (Å²) in [6.07, 6.45) is 7.39. The second kappa shape index (κ2) is 4.54. The highest BCUT2D eigenvalue weighted by Crippen LogP contribution is 2.38. The Bertz CT molecular complexity index is 682. The standard InChI is InChI=1S/C14H16N4O2/c19-13-6-11(9-2-1-3-9)15-8-18(13)7-12-16-14(17-20-12)10-4-5-10/h6,8-10H,1-5,7H2. The van der Waals surface area contributed by atoms with Gasteiger partial charge in [0.25, 0.3) is 5.56 Å². The fourth-order valence-corrected chi connectivity index (χ4v) is 2.47. The van der Waals surface area contributed by atoms with E-state index in [1.165, 1.54) is 11.0 Å². The number of nitrogens with zero attached hydrogens (tertiary/aromatic N) is 4. The zero-order valence-corrected chi connectivity index (χ0v) is 11.2. The van der Waals surface area contributed by atoms with Crippen LogP contribution in [0, 0.1) is 0 Å². The fraction of sp³-hybridized carbons (Fsp3) is 0.571. The topological polar surface area (TPSA) is 73.8 Å². The van der Waals surface area contributed by atoms with Crippen LogP contribution in [0.3, 0.4) is 0 Å². The first-order chi connectivity index (χ1) is 9.79. The summed E-state index contributed by atoms with van der Waals surface area (Å²) in [5.41, 5.74) is 0.870. The Morgan fingerprint density at radius 2 is 2.10 bits per heavy atom. The second-order valence-corrected chi connectivity index (χ2v) is 5.73. The highest BCUT2D eigenvalue weighted by molar-refractivity contribution is 5.10. The minimum absolute atomic E-state index is 0.0481. The third-order valence-corrected chi connectivity index (χ3v) is 4.16. The van der Waals surface area contributed by atoms with Gasteiger partial charge in [0, 0.05) is 17.9 Å². The fourth-order valence-electron chi connectivity index (χ4n) is 2.47. The summed E-state index contributed by atoms with van der Waals surface area (Å²) in [7, 11) is 0. The monoisotopic (exact) mass is 272 g/mol. The van der Waals surface area contributed by atoms with Gasteiger partial charge in [-0.05, 0) is 25.7 Å². The lowest BCUT2D eigenvalue weighted by molar-refractivity contribution is 0.363. The van der Waals surface area contributed by atoms with Crippen LogP contribution in [0.15, 0.2) is 21.7 Å². The minimum Gasteiger partial charge on any atom is -0.337 e. The van der Waals surface area contributed by atoms with E-state index in [0.717, 1.165) is 37.2 Å². The number of hydrogen-bond acceptors (Lipinski definition) is 5. The first-order valence-electron chi connectivity index (χ1n) is 7.18. The smallest absolute Gasteiger partial charge is 0.254 e. The highest BCUT2D eigenvalue weighted by Gasteiger charge is 2.28. The van der Waals surface area contributed by atoms with E-state index in [2.05, 4.69) is 15.1 Å². The van der Waals surface area contributed by atoms with Crippen molar-refractivity contribution < 1.29 is 4.52 Å². The Hall–Kier alpha value is -1.98. The van der Waals surface area contributed by atoms with Crippen LogP contribution in [-0.2, 0) is 6.54 Å². The normalized spacial score (nSPS) is 19.0. The maximum absolute atomic E-state index is 12.1. The Morgan fingerprint density at radius 1 is 1.25 bits per heavy atom. The van der Waals surface area contributed by atoms with Crippen molar-refractivity contribution in [2.45, 2.75) is 50.5 Å². The van der Waals surface area contributed by atoms with E-state index in [1.54, 1.807) is 12.4 Å². The molecule has 0 bridgehead atoms. The van der Waals surface area contributed by atoms with E-state index in [4.69, 9.17) is 4.52 Å². The van der Waals surface area contributed by atoms with Crippen molar-refractivity contribution >= 4 is 0 Å². The van der Waals surface area contributed by atoms with Gasteiger partial charge in [0.15, 0.2) is 5.82 Å². The largest absolute Gasteiger partial charge is 0.337 e. The number of hydrogen-bond donors (Lipinski definition) is 0. The molecular formula is C14H16N4O2. The Kier molecular flexibility index (Phi) is 2.68. The van der Waals surface area contributed by atoms with Crippen molar-refractivity contribution in [3.63, 3.8) is 0 Å². The van der Waals surface area contributed by atoms with Gasteiger partial charge in [0.1, 0.15) is 6.54 Å². The predicted molar refractivity (Wildman–Crippen MR) is 70.5 cm³/mol. The van der Waals surface area contributed by atoms with E-state index in [0.29, 0.717) is 24.3 Å². The maximum Gasteiger partial charge on any atom is 0.254 e. The van der Waals surface area contributed by atoms with E-state index < -0.39 is 0 Å².